The van der Waals surface area contributed by atoms with E-state index in [4.69, 9.17) is 0 Å². The molecule has 0 radical (unpaired) electrons. The summed E-state index contributed by atoms with van der Waals surface area (Å²) in [5.74, 6) is -0.113. The molecule has 2 heterocycles. The van der Waals surface area contributed by atoms with Crippen LogP contribution in [0.25, 0.3) is 0 Å². The molecule has 1 saturated heterocycles. The van der Waals surface area contributed by atoms with Crippen molar-refractivity contribution in [3.8, 4) is 0 Å². The van der Waals surface area contributed by atoms with Crippen LogP contribution in [-0.4, -0.2) is 40.1 Å². The van der Waals surface area contributed by atoms with Crippen molar-refractivity contribution in [2.45, 2.75) is 50.6 Å². The van der Waals surface area contributed by atoms with Crippen molar-refractivity contribution in [1.29, 1.82) is 0 Å². The Morgan fingerprint density at radius 1 is 1.23 bits per heavy atom. The van der Waals surface area contributed by atoms with E-state index in [0.29, 0.717) is 0 Å². The molecule has 6 heteroatoms. The summed E-state index contributed by atoms with van der Waals surface area (Å²) >= 11 is 0. The number of fused-ring (bicyclic) bond motifs is 1. The SMILES string of the molecule is O=C(NC1CCN(Cc2ccc(F)cc2)CC1)C1CCCc2[nH]ncc21. The van der Waals surface area contributed by atoms with E-state index in [1.165, 1.54) is 12.1 Å². The van der Waals surface area contributed by atoms with E-state index in [2.05, 4.69) is 20.4 Å². The van der Waals surface area contributed by atoms with E-state index >= 15 is 0 Å². The molecule has 1 aliphatic carbocycles. The minimum atomic E-state index is -0.196. The number of halogens is 1. The van der Waals surface area contributed by atoms with Gasteiger partial charge in [0.2, 0.25) is 5.91 Å². The number of benzene rings is 1. The summed E-state index contributed by atoms with van der Waals surface area (Å²) in [6.07, 6.45) is 6.64. The minimum Gasteiger partial charge on any atom is -0.353 e. The van der Waals surface area contributed by atoms with Crippen LogP contribution in [0.4, 0.5) is 4.39 Å². The maximum absolute atomic E-state index is 13.0. The zero-order chi connectivity index (χ0) is 17.9. The van der Waals surface area contributed by atoms with Crippen LogP contribution < -0.4 is 5.32 Å². The fourth-order valence-electron chi connectivity index (χ4n) is 4.12. The zero-order valence-corrected chi connectivity index (χ0v) is 14.9. The van der Waals surface area contributed by atoms with Crippen LogP contribution in [0.3, 0.4) is 0 Å². The summed E-state index contributed by atoms with van der Waals surface area (Å²) in [6, 6.07) is 6.95. The molecule has 2 aromatic rings. The summed E-state index contributed by atoms with van der Waals surface area (Å²) in [5.41, 5.74) is 3.32. The molecular weight excluding hydrogens is 331 g/mol. The number of hydrogen-bond acceptors (Lipinski definition) is 3. The first-order valence-corrected chi connectivity index (χ1v) is 9.48. The third kappa shape index (κ3) is 3.80. The average molecular weight is 356 g/mol. The van der Waals surface area contributed by atoms with Crippen molar-refractivity contribution in [1.82, 2.24) is 20.4 Å². The molecule has 2 N–H and O–H groups in total. The van der Waals surface area contributed by atoms with Gasteiger partial charge in [-0.25, -0.2) is 4.39 Å². The minimum absolute atomic E-state index is 0.0604. The number of aromatic amines is 1. The van der Waals surface area contributed by atoms with Gasteiger partial charge in [0.25, 0.3) is 0 Å². The number of rotatable bonds is 4. The van der Waals surface area contributed by atoms with E-state index in [9.17, 15) is 9.18 Å². The van der Waals surface area contributed by atoms with E-state index in [-0.39, 0.29) is 23.7 Å². The molecule has 0 saturated carbocycles. The van der Waals surface area contributed by atoms with Crippen molar-refractivity contribution < 1.29 is 9.18 Å². The van der Waals surface area contributed by atoms with E-state index < -0.39 is 0 Å². The van der Waals surface area contributed by atoms with Gasteiger partial charge in [-0.05, 0) is 49.8 Å². The summed E-state index contributed by atoms with van der Waals surface area (Å²) in [6.45, 7) is 2.73. The molecule has 26 heavy (non-hydrogen) atoms. The maximum Gasteiger partial charge on any atom is 0.227 e. The number of hydrogen-bond donors (Lipinski definition) is 2. The molecule has 138 valence electrons. The highest BCUT2D eigenvalue weighted by molar-refractivity contribution is 5.84. The van der Waals surface area contributed by atoms with Crippen molar-refractivity contribution in [2.24, 2.45) is 0 Å². The van der Waals surface area contributed by atoms with Gasteiger partial charge in [-0.1, -0.05) is 12.1 Å². The largest absolute Gasteiger partial charge is 0.353 e. The lowest BCUT2D eigenvalue weighted by Gasteiger charge is -2.33. The Labute approximate surface area is 153 Å². The van der Waals surface area contributed by atoms with Gasteiger partial charge in [0.15, 0.2) is 0 Å². The van der Waals surface area contributed by atoms with Crippen LogP contribution in [0.1, 0.15) is 48.4 Å². The van der Waals surface area contributed by atoms with Crippen LogP contribution in [-0.2, 0) is 17.8 Å². The predicted octanol–water partition coefficient (Wildman–Crippen LogP) is 2.75. The zero-order valence-electron chi connectivity index (χ0n) is 14.9. The number of amides is 1. The Kier molecular flexibility index (Phi) is 5.02. The van der Waals surface area contributed by atoms with Gasteiger partial charge in [-0.15, -0.1) is 0 Å². The highest BCUT2D eigenvalue weighted by Crippen LogP contribution is 2.30. The van der Waals surface area contributed by atoms with Crippen LogP contribution >= 0.6 is 0 Å². The summed E-state index contributed by atoms with van der Waals surface area (Å²) < 4.78 is 13.0. The third-order valence-corrected chi connectivity index (χ3v) is 5.62. The number of aromatic nitrogens is 2. The number of carbonyl (C=O) groups is 1. The normalized spacial score (nSPS) is 21.3. The van der Waals surface area contributed by atoms with Gasteiger partial charge >= 0.3 is 0 Å². The lowest BCUT2D eigenvalue weighted by Crippen LogP contribution is -2.46. The van der Waals surface area contributed by atoms with Crippen LogP contribution in [0.5, 0.6) is 0 Å². The number of carbonyl (C=O) groups excluding carboxylic acids is 1. The highest BCUT2D eigenvalue weighted by atomic mass is 19.1. The second-order valence-electron chi connectivity index (χ2n) is 7.43. The smallest absolute Gasteiger partial charge is 0.227 e. The Hall–Kier alpha value is -2.21. The van der Waals surface area contributed by atoms with Crippen molar-refractivity contribution in [3.63, 3.8) is 0 Å². The Morgan fingerprint density at radius 3 is 2.77 bits per heavy atom. The van der Waals surface area contributed by atoms with Gasteiger partial charge in [-0.2, -0.15) is 5.10 Å². The molecule has 1 amide bonds. The Bertz CT molecular complexity index is 749. The van der Waals surface area contributed by atoms with E-state index in [1.807, 2.05) is 18.3 Å². The van der Waals surface area contributed by atoms with Crippen molar-refractivity contribution in [2.75, 3.05) is 13.1 Å². The topological polar surface area (TPSA) is 61.0 Å². The quantitative estimate of drug-likeness (QED) is 0.886. The van der Waals surface area contributed by atoms with E-state index in [1.54, 1.807) is 0 Å². The third-order valence-electron chi connectivity index (χ3n) is 5.62. The number of nitrogens with zero attached hydrogens (tertiary/aromatic N) is 2. The standard InChI is InChI=1S/C20H25FN4O/c21-15-6-4-14(5-7-15)13-25-10-8-16(9-11-25)23-20(26)17-2-1-3-19-18(17)12-22-24-19/h4-7,12,16-17H,1-3,8-11,13H2,(H,22,24)(H,23,26). The van der Waals surface area contributed by atoms with Crippen LogP contribution in [0.15, 0.2) is 30.5 Å². The lowest BCUT2D eigenvalue weighted by atomic mass is 9.86. The molecular formula is C20H25FN4O. The average Bonchev–Trinajstić information content (AvgIpc) is 3.14. The fourth-order valence-corrected chi connectivity index (χ4v) is 4.12. The van der Waals surface area contributed by atoms with Gasteiger partial charge in [0.1, 0.15) is 5.82 Å². The molecule has 2 aliphatic rings. The molecule has 1 atom stereocenters. The Morgan fingerprint density at radius 2 is 2.00 bits per heavy atom. The molecule has 0 bridgehead atoms. The van der Waals surface area contributed by atoms with Crippen LogP contribution in [0, 0.1) is 5.82 Å². The summed E-state index contributed by atoms with van der Waals surface area (Å²) in [5, 5.41) is 10.4. The highest BCUT2D eigenvalue weighted by Gasteiger charge is 2.30. The molecule has 4 rings (SSSR count). The number of likely N-dealkylation sites (tertiary alicyclic amines) is 1. The molecule has 5 nitrogen and oxygen atoms in total. The Balaban J connectivity index is 1.28. The molecule has 1 aromatic heterocycles. The van der Waals surface area contributed by atoms with Gasteiger partial charge < -0.3 is 5.32 Å². The summed E-state index contributed by atoms with van der Waals surface area (Å²) in [4.78, 5) is 15.1. The maximum atomic E-state index is 13.0. The van der Waals surface area contributed by atoms with Gasteiger partial charge in [0.05, 0.1) is 12.1 Å². The number of piperidine rings is 1. The summed E-state index contributed by atoms with van der Waals surface area (Å²) in [7, 11) is 0. The molecule has 1 unspecified atom stereocenters. The first-order valence-electron chi connectivity index (χ1n) is 9.48. The predicted molar refractivity (Wildman–Crippen MR) is 97.1 cm³/mol. The number of nitrogens with one attached hydrogen (secondary N) is 2. The number of H-pyrrole nitrogens is 1. The molecule has 1 aromatic carbocycles. The molecule has 0 spiro atoms. The fraction of sp³-hybridized carbons (Fsp3) is 0.500. The first kappa shape index (κ1) is 17.2. The second-order valence-corrected chi connectivity index (χ2v) is 7.43. The lowest BCUT2D eigenvalue weighted by molar-refractivity contribution is -0.123. The van der Waals surface area contributed by atoms with Gasteiger partial charge in [-0.3, -0.25) is 14.8 Å². The second kappa shape index (κ2) is 7.58. The number of aryl methyl sites for hydroxylation is 1. The molecule has 1 fully saturated rings. The van der Waals surface area contributed by atoms with Crippen LogP contribution in [0.2, 0.25) is 0 Å². The van der Waals surface area contributed by atoms with Crippen molar-refractivity contribution >= 4 is 5.91 Å². The first-order chi connectivity index (χ1) is 12.7. The van der Waals surface area contributed by atoms with Gasteiger partial charge in [0, 0.05) is 36.9 Å². The van der Waals surface area contributed by atoms with E-state index in [0.717, 1.165) is 68.6 Å². The molecule has 1 aliphatic heterocycles. The monoisotopic (exact) mass is 356 g/mol. The van der Waals surface area contributed by atoms with Crippen molar-refractivity contribution in [3.05, 3.63) is 53.1 Å².